The van der Waals surface area contributed by atoms with Crippen LogP contribution in [0.5, 0.6) is 5.75 Å². The van der Waals surface area contributed by atoms with E-state index < -0.39 is 23.7 Å². The number of ketones is 1. The fraction of sp³-hybridized carbons (Fsp3) is 0.160. The summed E-state index contributed by atoms with van der Waals surface area (Å²) in [6.45, 7) is 1.83. The Morgan fingerprint density at radius 2 is 1.82 bits per heavy atom. The summed E-state index contributed by atoms with van der Waals surface area (Å²) in [4.78, 5) is 38.5. The van der Waals surface area contributed by atoms with Gasteiger partial charge in [-0.05, 0) is 48.9 Å². The third-order valence-electron chi connectivity index (χ3n) is 5.44. The van der Waals surface area contributed by atoms with E-state index in [1.807, 2.05) is 6.92 Å². The zero-order chi connectivity index (χ0) is 23.7. The molecule has 33 heavy (non-hydrogen) atoms. The Morgan fingerprint density at radius 1 is 1.09 bits per heavy atom. The first-order chi connectivity index (χ1) is 15.8. The standard InChI is InChI=1S/C25H21NO7/c1-14-5-10-18(32-2)17(12-14)23(29)21-22(19-4-3-11-33-19)26(25(31)24(21)30)16-8-6-15(7-9-16)13-20(27)28/h3-12,22,29H,13H2,1-2H3,(H,27,28)/b23-21-. The second-order valence-corrected chi connectivity index (χ2v) is 7.63. The number of carboxylic acids is 1. The van der Waals surface area contributed by atoms with Gasteiger partial charge in [0, 0.05) is 5.69 Å². The molecule has 1 unspecified atom stereocenters. The Balaban J connectivity index is 1.88. The molecule has 168 valence electrons. The number of aliphatic carboxylic acids is 1. The summed E-state index contributed by atoms with van der Waals surface area (Å²) in [5, 5.41) is 20.2. The summed E-state index contributed by atoms with van der Waals surface area (Å²) in [5.74, 6) is -2.42. The van der Waals surface area contributed by atoms with E-state index in [9.17, 15) is 19.5 Å². The highest BCUT2D eigenvalue weighted by Gasteiger charge is 2.48. The number of anilines is 1. The Morgan fingerprint density at radius 3 is 2.42 bits per heavy atom. The summed E-state index contributed by atoms with van der Waals surface area (Å²) in [5.41, 5.74) is 1.89. The number of aryl methyl sites for hydroxylation is 1. The maximum Gasteiger partial charge on any atom is 0.307 e. The summed E-state index contributed by atoms with van der Waals surface area (Å²) < 4.78 is 10.9. The van der Waals surface area contributed by atoms with E-state index in [0.29, 0.717) is 17.0 Å². The van der Waals surface area contributed by atoms with Gasteiger partial charge in [0.1, 0.15) is 23.3 Å². The number of carbonyl (C=O) groups excluding carboxylic acids is 2. The van der Waals surface area contributed by atoms with Crippen molar-refractivity contribution in [2.24, 2.45) is 0 Å². The number of furan rings is 1. The molecule has 3 aromatic rings. The lowest BCUT2D eigenvalue weighted by atomic mass is 9.97. The number of nitrogens with zero attached hydrogens (tertiary/aromatic N) is 1. The van der Waals surface area contributed by atoms with Gasteiger partial charge in [-0.1, -0.05) is 23.8 Å². The molecule has 1 aliphatic rings. The maximum atomic E-state index is 13.1. The van der Waals surface area contributed by atoms with E-state index in [1.165, 1.54) is 18.3 Å². The molecule has 2 aromatic carbocycles. The van der Waals surface area contributed by atoms with Gasteiger partial charge in [0.25, 0.3) is 11.7 Å². The van der Waals surface area contributed by atoms with Crippen molar-refractivity contribution in [2.75, 3.05) is 12.0 Å². The van der Waals surface area contributed by atoms with Crippen LogP contribution in [0.4, 0.5) is 5.69 Å². The molecule has 1 atom stereocenters. The first-order valence-corrected chi connectivity index (χ1v) is 10.1. The number of ether oxygens (including phenoxy) is 1. The third kappa shape index (κ3) is 3.98. The van der Waals surface area contributed by atoms with Crippen LogP contribution in [-0.4, -0.2) is 35.0 Å². The number of benzene rings is 2. The topological polar surface area (TPSA) is 117 Å². The van der Waals surface area contributed by atoms with Gasteiger partial charge in [-0.2, -0.15) is 0 Å². The van der Waals surface area contributed by atoms with Crippen LogP contribution in [0.1, 0.15) is 28.5 Å². The van der Waals surface area contributed by atoms with Gasteiger partial charge in [-0.25, -0.2) is 0 Å². The van der Waals surface area contributed by atoms with Gasteiger partial charge in [0.15, 0.2) is 0 Å². The molecule has 0 radical (unpaired) electrons. The number of aliphatic hydroxyl groups excluding tert-OH is 1. The first-order valence-electron chi connectivity index (χ1n) is 10.1. The third-order valence-corrected chi connectivity index (χ3v) is 5.44. The molecule has 0 aliphatic carbocycles. The molecule has 4 rings (SSSR count). The average Bonchev–Trinajstić information content (AvgIpc) is 3.41. The number of hydrogen-bond acceptors (Lipinski definition) is 6. The highest BCUT2D eigenvalue weighted by Crippen LogP contribution is 2.43. The van der Waals surface area contributed by atoms with Gasteiger partial charge in [-0.3, -0.25) is 19.3 Å². The second kappa shape index (κ2) is 8.66. The molecule has 1 saturated heterocycles. The Hall–Kier alpha value is -4.33. The molecule has 1 fully saturated rings. The fourth-order valence-electron chi connectivity index (χ4n) is 3.92. The molecular weight excluding hydrogens is 426 g/mol. The van der Waals surface area contributed by atoms with E-state index in [2.05, 4.69) is 0 Å². The normalized spacial score (nSPS) is 17.4. The quantitative estimate of drug-likeness (QED) is 0.335. The van der Waals surface area contributed by atoms with E-state index in [1.54, 1.807) is 54.6 Å². The van der Waals surface area contributed by atoms with Gasteiger partial charge < -0.3 is 19.4 Å². The monoisotopic (exact) mass is 447 g/mol. The molecule has 1 aromatic heterocycles. The lowest BCUT2D eigenvalue weighted by Gasteiger charge is -2.23. The lowest BCUT2D eigenvalue weighted by Crippen LogP contribution is -2.29. The average molecular weight is 447 g/mol. The summed E-state index contributed by atoms with van der Waals surface area (Å²) >= 11 is 0. The predicted octanol–water partition coefficient (Wildman–Crippen LogP) is 3.85. The number of rotatable bonds is 6. The molecular formula is C25H21NO7. The van der Waals surface area contributed by atoms with Gasteiger partial charge in [0.2, 0.25) is 0 Å². The Kier molecular flexibility index (Phi) is 5.74. The van der Waals surface area contributed by atoms with Crippen LogP contribution in [0.15, 0.2) is 70.9 Å². The lowest BCUT2D eigenvalue weighted by molar-refractivity contribution is -0.136. The second-order valence-electron chi connectivity index (χ2n) is 7.63. The van der Waals surface area contributed by atoms with Crippen LogP contribution in [-0.2, 0) is 20.8 Å². The molecule has 2 heterocycles. The number of carboxylic acid groups (broad SMARTS) is 1. The highest BCUT2D eigenvalue weighted by atomic mass is 16.5. The SMILES string of the molecule is COc1ccc(C)cc1/C(O)=C1/C(=O)C(=O)N(c2ccc(CC(=O)O)cc2)C1c1ccco1. The van der Waals surface area contributed by atoms with Crippen molar-refractivity contribution in [1.82, 2.24) is 0 Å². The fourth-order valence-corrected chi connectivity index (χ4v) is 3.92. The van der Waals surface area contributed by atoms with Gasteiger partial charge in [-0.15, -0.1) is 0 Å². The molecule has 2 N–H and O–H groups in total. The molecule has 0 spiro atoms. The number of hydrogen-bond donors (Lipinski definition) is 2. The largest absolute Gasteiger partial charge is 0.507 e. The number of carbonyl (C=O) groups is 3. The van der Waals surface area contributed by atoms with Gasteiger partial charge >= 0.3 is 5.97 Å². The van der Waals surface area contributed by atoms with E-state index >= 15 is 0 Å². The maximum absolute atomic E-state index is 13.1. The highest BCUT2D eigenvalue weighted by molar-refractivity contribution is 6.51. The molecule has 1 amide bonds. The Bertz CT molecular complexity index is 1260. The van der Waals surface area contributed by atoms with Crippen molar-refractivity contribution in [3.05, 3.63) is 88.9 Å². The number of aliphatic hydroxyl groups is 1. The summed E-state index contributed by atoms with van der Waals surface area (Å²) in [7, 11) is 1.45. The number of methoxy groups -OCH3 is 1. The summed E-state index contributed by atoms with van der Waals surface area (Å²) in [6, 6.07) is 13.6. The van der Waals surface area contributed by atoms with Gasteiger partial charge in [0.05, 0.1) is 30.9 Å². The van der Waals surface area contributed by atoms with Crippen LogP contribution < -0.4 is 9.64 Å². The summed E-state index contributed by atoms with van der Waals surface area (Å²) in [6.07, 6.45) is 1.24. The van der Waals surface area contributed by atoms with Crippen molar-refractivity contribution < 1.29 is 33.8 Å². The van der Waals surface area contributed by atoms with Crippen LogP contribution in [0.25, 0.3) is 5.76 Å². The van der Waals surface area contributed by atoms with Crippen molar-refractivity contribution in [3.63, 3.8) is 0 Å². The molecule has 1 aliphatic heterocycles. The minimum absolute atomic E-state index is 0.131. The van der Waals surface area contributed by atoms with Crippen molar-refractivity contribution in [3.8, 4) is 5.75 Å². The van der Waals surface area contributed by atoms with E-state index in [4.69, 9.17) is 14.3 Å². The number of amides is 1. The van der Waals surface area contributed by atoms with Crippen LogP contribution >= 0.6 is 0 Å². The molecule has 0 bridgehead atoms. The van der Waals surface area contributed by atoms with E-state index in [0.717, 1.165) is 5.56 Å². The smallest absolute Gasteiger partial charge is 0.307 e. The van der Waals surface area contributed by atoms with Crippen LogP contribution in [0, 0.1) is 6.92 Å². The van der Waals surface area contributed by atoms with Crippen molar-refractivity contribution in [2.45, 2.75) is 19.4 Å². The van der Waals surface area contributed by atoms with E-state index in [-0.39, 0.29) is 29.1 Å². The first kappa shape index (κ1) is 21.9. The van der Waals surface area contributed by atoms with Crippen LogP contribution in [0.3, 0.4) is 0 Å². The van der Waals surface area contributed by atoms with Crippen LogP contribution in [0.2, 0.25) is 0 Å². The minimum atomic E-state index is -1.02. The van der Waals surface area contributed by atoms with Crippen molar-refractivity contribution in [1.29, 1.82) is 0 Å². The number of Topliss-reactive ketones (excluding diaryl/α,β-unsaturated/α-hetero) is 1. The minimum Gasteiger partial charge on any atom is -0.507 e. The van der Waals surface area contributed by atoms with Crippen molar-refractivity contribution >= 4 is 29.1 Å². The molecule has 8 nitrogen and oxygen atoms in total. The zero-order valence-corrected chi connectivity index (χ0v) is 17.9. The molecule has 0 saturated carbocycles. The zero-order valence-electron chi connectivity index (χ0n) is 17.9. The molecule has 8 heteroatoms. The predicted molar refractivity (Wildman–Crippen MR) is 119 cm³/mol. The Labute approximate surface area is 189 Å².